The zero-order valence-electron chi connectivity index (χ0n) is 23.5. The van der Waals surface area contributed by atoms with Crippen molar-refractivity contribution in [3.63, 3.8) is 0 Å². The Morgan fingerprint density at radius 3 is 2.12 bits per heavy atom. The third kappa shape index (κ3) is 8.89. The highest BCUT2D eigenvalue weighted by atomic mass is 35.5. The Morgan fingerprint density at radius 1 is 0.875 bits per heavy atom. The van der Waals surface area contributed by atoms with Gasteiger partial charge in [0.05, 0.1) is 5.02 Å². The Morgan fingerprint density at radius 2 is 1.52 bits per heavy atom. The van der Waals surface area contributed by atoms with Crippen LogP contribution in [0.15, 0.2) is 66.7 Å². The van der Waals surface area contributed by atoms with Gasteiger partial charge < -0.3 is 10.1 Å². The molecule has 0 spiro atoms. The number of carbonyl (C=O) groups is 3. The fraction of sp³-hybridized carbons (Fsp3) is 0.290. The average Bonchev–Trinajstić information content (AvgIpc) is 2.84. The van der Waals surface area contributed by atoms with E-state index >= 15 is 0 Å². The van der Waals surface area contributed by atoms with Crippen LogP contribution < -0.4 is 16.0 Å². The molecule has 0 aliphatic heterocycles. The van der Waals surface area contributed by atoms with Crippen LogP contribution in [0.1, 0.15) is 73.4 Å². The summed E-state index contributed by atoms with van der Waals surface area (Å²) >= 11 is 11.6. The van der Waals surface area contributed by atoms with E-state index in [2.05, 4.69) is 36.7 Å². The van der Waals surface area contributed by atoms with E-state index in [1.54, 1.807) is 75.4 Å². The van der Waals surface area contributed by atoms with Gasteiger partial charge in [0.25, 0.3) is 5.91 Å². The molecule has 9 heteroatoms. The number of nitrogens with one attached hydrogen (secondary N) is 3. The number of anilines is 2. The third-order valence-electron chi connectivity index (χ3n) is 5.77. The van der Waals surface area contributed by atoms with Gasteiger partial charge in [-0.25, -0.2) is 4.79 Å². The standard InChI is InChI=1S/C31H34ClN3O4S/c1-30(2,3)21-14-11-19(12-15-21)27(37)35-28(40)33-22-16-13-20(17-26(36)23-9-7-8-10-24(23)32)25(18-22)34-29(38)39-31(4,5)6/h7-16,18H,17H2,1-6H3,(H,34,38)(H2,33,35,37,40). The molecule has 0 aliphatic carbocycles. The Hall–Kier alpha value is -3.75. The van der Waals surface area contributed by atoms with E-state index in [-0.39, 0.29) is 28.6 Å². The van der Waals surface area contributed by atoms with Crippen LogP contribution in [0.3, 0.4) is 0 Å². The van der Waals surface area contributed by atoms with Crippen LogP contribution in [-0.2, 0) is 16.6 Å². The highest BCUT2D eigenvalue weighted by Gasteiger charge is 2.20. The monoisotopic (exact) mass is 579 g/mol. The number of hydrogen-bond acceptors (Lipinski definition) is 5. The summed E-state index contributed by atoms with van der Waals surface area (Å²) in [6.07, 6.45) is -0.688. The Balaban J connectivity index is 1.78. The van der Waals surface area contributed by atoms with Crippen molar-refractivity contribution >= 4 is 58.1 Å². The number of ketones is 1. The van der Waals surface area contributed by atoms with E-state index in [0.717, 1.165) is 5.56 Å². The fourth-order valence-electron chi connectivity index (χ4n) is 3.75. The summed E-state index contributed by atoms with van der Waals surface area (Å²) in [6, 6.07) is 19.2. The molecular formula is C31H34ClN3O4S. The maximum atomic E-state index is 13.0. The summed E-state index contributed by atoms with van der Waals surface area (Å²) < 4.78 is 5.40. The molecule has 3 rings (SSSR count). The molecule has 0 saturated carbocycles. The number of carbonyl (C=O) groups excluding carboxylic acids is 3. The number of ether oxygens (including phenoxy) is 1. The summed E-state index contributed by atoms with van der Waals surface area (Å²) in [7, 11) is 0. The minimum atomic E-state index is -0.718. The van der Waals surface area contributed by atoms with Gasteiger partial charge in [-0.1, -0.05) is 62.7 Å². The molecule has 0 aliphatic rings. The van der Waals surface area contributed by atoms with Crippen LogP contribution >= 0.6 is 23.8 Å². The molecule has 0 radical (unpaired) electrons. The van der Waals surface area contributed by atoms with Gasteiger partial charge >= 0.3 is 6.09 Å². The van der Waals surface area contributed by atoms with Gasteiger partial charge in [-0.05, 0) is 85.9 Å². The van der Waals surface area contributed by atoms with Crippen molar-refractivity contribution < 1.29 is 19.1 Å². The highest BCUT2D eigenvalue weighted by Crippen LogP contribution is 2.26. The number of rotatable bonds is 6. The minimum Gasteiger partial charge on any atom is -0.444 e. The van der Waals surface area contributed by atoms with Gasteiger partial charge in [0.2, 0.25) is 0 Å². The van der Waals surface area contributed by atoms with Crippen molar-refractivity contribution in [3.8, 4) is 0 Å². The maximum Gasteiger partial charge on any atom is 0.412 e. The molecule has 0 bridgehead atoms. The lowest BCUT2D eigenvalue weighted by atomic mass is 9.87. The lowest BCUT2D eigenvalue weighted by Gasteiger charge is -2.21. The highest BCUT2D eigenvalue weighted by molar-refractivity contribution is 7.80. The van der Waals surface area contributed by atoms with Crippen molar-refractivity contribution in [3.05, 3.63) is 94.0 Å². The molecule has 0 unspecified atom stereocenters. The summed E-state index contributed by atoms with van der Waals surface area (Å²) in [6.45, 7) is 11.6. The molecule has 0 saturated heterocycles. The van der Waals surface area contributed by atoms with Gasteiger partial charge in [0, 0.05) is 28.9 Å². The van der Waals surface area contributed by atoms with Gasteiger partial charge in [0.15, 0.2) is 10.9 Å². The summed E-state index contributed by atoms with van der Waals surface area (Å²) in [4.78, 5) is 38.3. The number of benzene rings is 3. The predicted octanol–water partition coefficient (Wildman–Crippen LogP) is 7.54. The summed E-state index contributed by atoms with van der Waals surface area (Å²) in [5, 5.41) is 8.78. The van der Waals surface area contributed by atoms with Crippen LogP contribution in [0.2, 0.25) is 5.02 Å². The van der Waals surface area contributed by atoms with Gasteiger partial charge in [-0.15, -0.1) is 0 Å². The van der Waals surface area contributed by atoms with Crippen LogP contribution in [-0.4, -0.2) is 28.5 Å². The summed E-state index contributed by atoms with van der Waals surface area (Å²) in [5.41, 5.74) is 2.62. The second kappa shape index (κ2) is 12.6. The van der Waals surface area contributed by atoms with Gasteiger partial charge in [-0.3, -0.25) is 20.2 Å². The van der Waals surface area contributed by atoms with E-state index in [0.29, 0.717) is 33.1 Å². The lowest BCUT2D eigenvalue weighted by Crippen LogP contribution is -2.34. The second-order valence-corrected chi connectivity index (χ2v) is 12.1. The molecule has 0 aromatic heterocycles. The molecule has 210 valence electrons. The first-order valence-electron chi connectivity index (χ1n) is 12.8. The van der Waals surface area contributed by atoms with E-state index in [1.165, 1.54) is 0 Å². The third-order valence-corrected chi connectivity index (χ3v) is 6.30. The van der Waals surface area contributed by atoms with Crippen molar-refractivity contribution in [2.75, 3.05) is 10.6 Å². The van der Waals surface area contributed by atoms with Gasteiger partial charge in [0.1, 0.15) is 5.60 Å². The first-order chi connectivity index (χ1) is 18.6. The minimum absolute atomic E-state index is 0.0130. The number of thiocarbonyl (C=S) groups is 1. The SMILES string of the molecule is CC(C)(C)OC(=O)Nc1cc(NC(=S)NC(=O)c2ccc(C(C)(C)C)cc2)ccc1CC(=O)c1ccccc1Cl. The average molecular weight is 580 g/mol. The molecule has 3 N–H and O–H groups in total. The van der Waals surface area contributed by atoms with Gasteiger partial charge in [-0.2, -0.15) is 0 Å². The molecule has 0 heterocycles. The van der Waals surface area contributed by atoms with Crippen molar-refractivity contribution in [2.24, 2.45) is 0 Å². The van der Waals surface area contributed by atoms with Crippen molar-refractivity contribution in [2.45, 2.75) is 59.0 Å². The Bertz CT molecular complexity index is 1420. The topological polar surface area (TPSA) is 96.5 Å². The molecular weight excluding hydrogens is 546 g/mol. The van der Waals surface area contributed by atoms with Crippen LogP contribution in [0.5, 0.6) is 0 Å². The number of Topliss-reactive ketones (excluding diaryl/α,β-unsaturated/α-hetero) is 1. The molecule has 0 fully saturated rings. The van der Waals surface area contributed by atoms with Crippen molar-refractivity contribution in [1.29, 1.82) is 0 Å². The van der Waals surface area contributed by atoms with E-state index in [1.807, 2.05) is 12.1 Å². The Kier molecular flexibility index (Phi) is 9.71. The van der Waals surface area contributed by atoms with Crippen LogP contribution in [0.4, 0.5) is 16.2 Å². The maximum absolute atomic E-state index is 13.0. The number of hydrogen-bond donors (Lipinski definition) is 3. The molecule has 3 aromatic rings. The first-order valence-corrected chi connectivity index (χ1v) is 13.5. The van der Waals surface area contributed by atoms with E-state index in [4.69, 9.17) is 28.6 Å². The summed E-state index contributed by atoms with van der Waals surface area (Å²) in [5.74, 6) is -0.564. The Labute approximate surface area is 245 Å². The molecule has 2 amide bonds. The smallest absolute Gasteiger partial charge is 0.412 e. The van der Waals surface area contributed by atoms with Crippen LogP contribution in [0, 0.1) is 0 Å². The second-order valence-electron chi connectivity index (χ2n) is 11.3. The molecule has 40 heavy (non-hydrogen) atoms. The van der Waals surface area contributed by atoms with Crippen molar-refractivity contribution in [1.82, 2.24) is 5.32 Å². The number of amides is 2. The molecule has 3 aromatic carbocycles. The molecule has 7 nitrogen and oxygen atoms in total. The zero-order chi connectivity index (χ0) is 29.7. The van der Waals surface area contributed by atoms with E-state index < -0.39 is 11.7 Å². The van der Waals surface area contributed by atoms with E-state index in [9.17, 15) is 14.4 Å². The number of halogens is 1. The largest absolute Gasteiger partial charge is 0.444 e. The fourth-order valence-corrected chi connectivity index (χ4v) is 4.20. The van der Waals surface area contributed by atoms with Crippen LogP contribution in [0.25, 0.3) is 0 Å². The predicted molar refractivity (Wildman–Crippen MR) is 165 cm³/mol. The lowest BCUT2D eigenvalue weighted by molar-refractivity contribution is 0.0635. The normalized spacial score (nSPS) is 11.4. The quantitative estimate of drug-likeness (QED) is 0.206. The first kappa shape index (κ1) is 30.8. The zero-order valence-corrected chi connectivity index (χ0v) is 25.0. The molecule has 0 atom stereocenters.